The highest BCUT2D eigenvalue weighted by Crippen LogP contribution is 2.20. The predicted molar refractivity (Wildman–Crippen MR) is 128 cm³/mol. The third-order valence-electron chi connectivity index (χ3n) is 5.05. The molecule has 2 amide bonds. The first-order valence-corrected chi connectivity index (χ1v) is 11.9. The maximum Gasteiger partial charge on any atom is 0.243 e. The van der Waals surface area contributed by atoms with Gasteiger partial charge >= 0.3 is 0 Å². The summed E-state index contributed by atoms with van der Waals surface area (Å²) in [6, 6.07) is 15.3. The summed E-state index contributed by atoms with van der Waals surface area (Å²) in [5, 5.41) is 2.96. The number of carbonyl (C=O) groups is 2. The molecule has 2 aromatic carbocycles. The standard InChI is InChI=1S/C25H34N2O3S/c1-6-23(25(29)26-18(2)3)27(15-20-11-9-13-22(14-20)30-5)24(28)17-31-16-21-12-8-7-10-19(21)4/h7-14,18,23H,6,15-17H2,1-5H3,(H,26,29)/t23-/m1/s1. The molecule has 0 aliphatic heterocycles. The molecule has 5 nitrogen and oxygen atoms in total. The van der Waals surface area contributed by atoms with Gasteiger partial charge in [-0.3, -0.25) is 9.59 Å². The van der Waals surface area contributed by atoms with E-state index in [2.05, 4.69) is 24.4 Å². The third kappa shape index (κ3) is 7.62. The number of methoxy groups -OCH3 is 1. The molecule has 168 valence electrons. The lowest BCUT2D eigenvalue weighted by Crippen LogP contribution is -2.50. The van der Waals surface area contributed by atoms with Crippen LogP contribution >= 0.6 is 11.8 Å². The first kappa shape index (κ1) is 24.8. The summed E-state index contributed by atoms with van der Waals surface area (Å²) < 4.78 is 5.32. The minimum atomic E-state index is -0.514. The van der Waals surface area contributed by atoms with E-state index < -0.39 is 6.04 Å². The van der Waals surface area contributed by atoms with E-state index in [1.807, 2.05) is 57.2 Å². The van der Waals surface area contributed by atoms with Crippen LogP contribution in [-0.2, 0) is 21.9 Å². The van der Waals surface area contributed by atoms with E-state index in [1.54, 1.807) is 23.8 Å². The largest absolute Gasteiger partial charge is 0.497 e. The van der Waals surface area contributed by atoms with Gasteiger partial charge in [-0.05, 0) is 56.0 Å². The van der Waals surface area contributed by atoms with Gasteiger partial charge in [0.25, 0.3) is 0 Å². The molecule has 0 aliphatic rings. The Morgan fingerprint density at radius 2 is 1.87 bits per heavy atom. The summed E-state index contributed by atoms with van der Waals surface area (Å²) in [6.45, 7) is 8.24. The van der Waals surface area contributed by atoms with E-state index in [1.165, 1.54) is 11.1 Å². The highest BCUT2D eigenvalue weighted by atomic mass is 32.2. The van der Waals surface area contributed by atoms with Crippen LogP contribution in [0.15, 0.2) is 48.5 Å². The van der Waals surface area contributed by atoms with Gasteiger partial charge in [-0.25, -0.2) is 0 Å². The maximum atomic E-state index is 13.3. The van der Waals surface area contributed by atoms with Gasteiger partial charge in [-0.1, -0.05) is 43.3 Å². The van der Waals surface area contributed by atoms with Crippen LogP contribution in [0.2, 0.25) is 0 Å². The van der Waals surface area contributed by atoms with Gasteiger partial charge in [-0.2, -0.15) is 0 Å². The molecule has 1 atom stereocenters. The Balaban J connectivity index is 2.17. The fourth-order valence-electron chi connectivity index (χ4n) is 3.37. The van der Waals surface area contributed by atoms with E-state index in [4.69, 9.17) is 4.74 Å². The first-order chi connectivity index (χ1) is 14.8. The summed E-state index contributed by atoms with van der Waals surface area (Å²) in [5.74, 6) is 1.67. The van der Waals surface area contributed by atoms with E-state index in [-0.39, 0.29) is 17.9 Å². The van der Waals surface area contributed by atoms with Gasteiger partial charge < -0.3 is 15.0 Å². The van der Waals surface area contributed by atoms with E-state index in [9.17, 15) is 9.59 Å². The zero-order chi connectivity index (χ0) is 22.8. The number of ether oxygens (including phenoxy) is 1. The number of aryl methyl sites for hydroxylation is 1. The van der Waals surface area contributed by atoms with Crippen molar-refractivity contribution in [2.24, 2.45) is 0 Å². The van der Waals surface area contributed by atoms with Crippen LogP contribution < -0.4 is 10.1 Å². The Kier molecular flexibility index (Phi) is 9.92. The summed E-state index contributed by atoms with van der Waals surface area (Å²) in [7, 11) is 1.62. The van der Waals surface area contributed by atoms with Crippen molar-refractivity contribution in [3.8, 4) is 5.75 Å². The van der Waals surface area contributed by atoms with Gasteiger partial charge in [0, 0.05) is 18.3 Å². The Morgan fingerprint density at radius 3 is 2.52 bits per heavy atom. The number of carbonyl (C=O) groups excluding carboxylic acids is 2. The smallest absolute Gasteiger partial charge is 0.243 e. The molecule has 0 radical (unpaired) electrons. The maximum absolute atomic E-state index is 13.3. The predicted octanol–water partition coefficient (Wildman–Crippen LogP) is 4.57. The van der Waals surface area contributed by atoms with Crippen molar-refractivity contribution in [2.75, 3.05) is 12.9 Å². The number of hydrogen-bond donors (Lipinski definition) is 1. The van der Waals surface area contributed by atoms with Crippen LogP contribution in [0.1, 0.15) is 43.9 Å². The molecule has 0 aromatic heterocycles. The van der Waals surface area contributed by atoms with Crippen molar-refractivity contribution in [2.45, 2.75) is 58.5 Å². The second-order valence-corrected chi connectivity index (χ2v) is 8.87. The first-order valence-electron chi connectivity index (χ1n) is 10.7. The monoisotopic (exact) mass is 442 g/mol. The lowest BCUT2D eigenvalue weighted by Gasteiger charge is -2.31. The number of nitrogens with zero attached hydrogens (tertiary/aromatic N) is 1. The Hall–Kier alpha value is -2.47. The highest BCUT2D eigenvalue weighted by Gasteiger charge is 2.28. The van der Waals surface area contributed by atoms with Crippen molar-refractivity contribution >= 4 is 23.6 Å². The average molecular weight is 443 g/mol. The van der Waals surface area contributed by atoms with Gasteiger partial charge in [0.05, 0.1) is 12.9 Å². The van der Waals surface area contributed by atoms with Gasteiger partial charge in [-0.15, -0.1) is 11.8 Å². The average Bonchev–Trinajstić information content (AvgIpc) is 2.74. The highest BCUT2D eigenvalue weighted by molar-refractivity contribution is 7.99. The number of hydrogen-bond acceptors (Lipinski definition) is 4. The zero-order valence-corrected chi connectivity index (χ0v) is 20.0. The van der Waals surface area contributed by atoms with Crippen molar-refractivity contribution in [1.29, 1.82) is 0 Å². The van der Waals surface area contributed by atoms with Crippen LogP contribution in [0.5, 0.6) is 5.75 Å². The molecule has 0 saturated heterocycles. The van der Waals surface area contributed by atoms with E-state index in [0.29, 0.717) is 18.7 Å². The summed E-state index contributed by atoms with van der Waals surface area (Å²) in [5.41, 5.74) is 3.38. The molecule has 0 spiro atoms. The molecular formula is C25H34N2O3S. The van der Waals surface area contributed by atoms with Crippen LogP contribution in [0.4, 0.5) is 0 Å². The minimum absolute atomic E-state index is 0.0192. The van der Waals surface area contributed by atoms with Crippen molar-refractivity contribution in [3.63, 3.8) is 0 Å². The molecule has 6 heteroatoms. The second-order valence-electron chi connectivity index (χ2n) is 7.88. The van der Waals surface area contributed by atoms with Gasteiger partial charge in [0.1, 0.15) is 11.8 Å². The number of rotatable bonds is 11. The third-order valence-corrected chi connectivity index (χ3v) is 6.01. The molecule has 1 N–H and O–H groups in total. The summed E-state index contributed by atoms with van der Waals surface area (Å²) in [6.07, 6.45) is 0.552. The second kappa shape index (κ2) is 12.4. The van der Waals surface area contributed by atoms with Crippen LogP contribution in [-0.4, -0.2) is 41.7 Å². The quantitative estimate of drug-likeness (QED) is 0.554. The number of amides is 2. The zero-order valence-electron chi connectivity index (χ0n) is 19.2. The summed E-state index contributed by atoms with van der Waals surface area (Å²) >= 11 is 1.58. The van der Waals surface area contributed by atoms with Crippen LogP contribution in [0.3, 0.4) is 0 Å². The van der Waals surface area contributed by atoms with Crippen molar-refractivity contribution in [3.05, 3.63) is 65.2 Å². The molecule has 0 fully saturated rings. The Morgan fingerprint density at radius 1 is 1.13 bits per heavy atom. The fourth-order valence-corrected chi connectivity index (χ4v) is 4.36. The Bertz CT molecular complexity index is 869. The molecule has 0 aliphatic carbocycles. The SMILES string of the molecule is CC[C@H](C(=O)NC(C)C)N(Cc1cccc(OC)c1)C(=O)CSCc1ccccc1C. The molecule has 0 bridgehead atoms. The molecule has 31 heavy (non-hydrogen) atoms. The molecule has 0 saturated carbocycles. The lowest BCUT2D eigenvalue weighted by molar-refractivity contribution is -0.139. The van der Waals surface area contributed by atoms with Crippen LogP contribution in [0, 0.1) is 6.92 Å². The Labute approximate surface area is 190 Å². The molecule has 2 rings (SSSR count). The molecule has 0 heterocycles. The summed E-state index contributed by atoms with van der Waals surface area (Å²) in [4.78, 5) is 27.8. The minimum Gasteiger partial charge on any atom is -0.497 e. The van der Waals surface area contributed by atoms with Crippen molar-refractivity contribution in [1.82, 2.24) is 10.2 Å². The van der Waals surface area contributed by atoms with Crippen molar-refractivity contribution < 1.29 is 14.3 Å². The van der Waals surface area contributed by atoms with E-state index in [0.717, 1.165) is 17.1 Å². The number of thioether (sulfide) groups is 1. The molecule has 2 aromatic rings. The molecule has 0 unspecified atom stereocenters. The van der Waals surface area contributed by atoms with E-state index >= 15 is 0 Å². The van der Waals surface area contributed by atoms with Gasteiger partial charge in [0.2, 0.25) is 11.8 Å². The van der Waals surface area contributed by atoms with Crippen LogP contribution in [0.25, 0.3) is 0 Å². The van der Waals surface area contributed by atoms with Gasteiger partial charge in [0.15, 0.2) is 0 Å². The fraction of sp³-hybridized carbons (Fsp3) is 0.440. The molecular weight excluding hydrogens is 408 g/mol. The topological polar surface area (TPSA) is 58.6 Å². The lowest BCUT2D eigenvalue weighted by atomic mass is 10.1. The normalized spacial score (nSPS) is 11.8. The number of nitrogens with one attached hydrogen (secondary N) is 1. The number of benzene rings is 2.